The van der Waals surface area contributed by atoms with Crippen molar-refractivity contribution in [3.8, 4) is 16.9 Å². The van der Waals surface area contributed by atoms with Gasteiger partial charge >= 0.3 is 6.18 Å². The maximum Gasteiger partial charge on any atom is 0.394 e. The summed E-state index contributed by atoms with van der Waals surface area (Å²) in [7, 11) is 0. The Morgan fingerprint density at radius 2 is 1.96 bits per heavy atom. The average Bonchev–Trinajstić information content (AvgIpc) is 3.35. The minimum absolute atomic E-state index is 0.328. The van der Waals surface area contributed by atoms with Gasteiger partial charge in [-0.3, -0.25) is 0 Å². The van der Waals surface area contributed by atoms with Crippen LogP contribution in [0.25, 0.3) is 28.1 Å². The van der Waals surface area contributed by atoms with Crippen LogP contribution in [0.2, 0.25) is 0 Å². The second kappa shape index (κ2) is 7.04. The predicted octanol–water partition coefficient (Wildman–Crippen LogP) is 2.92. The Bertz CT molecular complexity index is 1090. The maximum absolute atomic E-state index is 12.8. The Hall–Kier alpha value is -3.27. The van der Waals surface area contributed by atoms with Crippen molar-refractivity contribution in [2.45, 2.75) is 12.6 Å². The highest BCUT2D eigenvalue weighted by Gasteiger charge is 2.38. The van der Waals surface area contributed by atoms with Crippen LogP contribution in [-0.4, -0.2) is 47.6 Å². The number of imidazole rings is 1. The zero-order valence-electron chi connectivity index (χ0n) is 14.4. The van der Waals surface area contributed by atoms with Gasteiger partial charge in [-0.2, -0.15) is 18.3 Å². The summed E-state index contributed by atoms with van der Waals surface area (Å²) in [6.07, 6.45) is 3.23. The van der Waals surface area contributed by atoms with Crippen molar-refractivity contribution in [2.24, 2.45) is 5.92 Å². The summed E-state index contributed by atoms with van der Waals surface area (Å²) in [6.45, 7) is -0.957. The topological polar surface area (TPSA) is 92.5 Å². The molecule has 0 spiro atoms. The number of aliphatic hydroxyl groups is 1. The Labute approximate surface area is 156 Å². The molecule has 1 unspecified atom stereocenters. The molecule has 0 radical (unpaired) electrons. The molecule has 1 atom stereocenters. The molecule has 0 amide bonds. The zero-order chi connectivity index (χ0) is 19.7. The number of alkyl halides is 3. The molecule has 0 aliphatic carbocycles. The fraction of sp³-hybridized carbons (Fsp3) is 0.222. The molecule has 144 valence electrons. The first-order valence-corrected chi connectivity index (χ1v) is 8.41. The fourth-order valence-electron chi connectivity index (χ4n) is 2.91. The van der Waals surface area contributed by atoms with E-state index < -0.39 is 18.7 Å². The smallest absolute Gasteiger partial charge is 0.394 e. The molecule has 0 aliphatic rings. The molecular formula is C18H15F3N6O. The third-order valence-corrected chi connectivity index (χ3v) is 4.42. The van der Waals surface area contributed by atoms with Crippen LogP contribution >= 0.6 is 0 Å². The van der Waals surface area contributed by atoms with Gasteiger partial charge in [0.05, 0.1) is 25.0 Å². The van der Waals surface area contributed by atoms with Gasteiger partial charge in [-0.1, -0.05) is 6.07 Å². The molecule has 2 N–H and O–H groups in total. The van der Waals surface area contributed by atoms with Crippen molar-refractivity contribution >= 4 is 11.2 Å². The number of nitrogens with zero attached hydrogens (tertiary/aromatic N) is 5. The summed E-state index contributed by atoms with van der Waals surface area (Å²) >= 11 is 0. The lowest BCUT2D eigenvalue weighted by molar-refractivity contribution is -0.183. The summed E-state index contributed by atoms with van der Waals surface area (Å²) < 4.78 is 39.9. The number of aromatic amines is 1. The summed E-state index contributed by atoms with van der Waals surface area (Å²) in [5, 5.41) is 13.2. The largest absolute Gasteiger partial charge is 0.396 e. The highest BCUT2D eigenvalue weighted by atomic mass is 19.4. The second-order valence-corrected chi connectivity index (χ2v) is 6.28. The highest BCUT2D eigenvalue weighted by Crippen LogP contribution is 2.29. The monoisotopic (exact) mass is 388 g/mol. The average molecular weight is 388 g/mol. The highest BCUT2D eigenvalue weighted by molar-refractivity contribution is 5.88. The van der Waals surface area contributed by atoms with Crippen LogP contribution in [0.5, 0.6) is 0 Å². The van der Waals surface area contributed by atoms with Gasteiger partial charge in [0.1, 0.15) is 5.52 Å². The van der Waals surface area contributed by atoms with Gasteiger partial charge in [0.15, 0.2) is 11.5 Å². The van der Waals surface area contributed by atoms with Crippen molar-refractivity contribution in [2.75, 3.05) is 6.61 Å². The molecule has 10 heteroatoms. The summed E-state index contributed by atoms with van der Waals surface area (Å²) in [5.41, 5.74) is 3.43. The predicted molar refractivity (Wildman–Crippen MR) is 94.6 cm³/mol. The normalized spacial score (nSPS) is 13.1. The number of fused-ring (bicyclic) bond motifs is 1. The minimum atomic E-state index is -4.45. The number of rotatable bonds is 5. The molecule has 0 bridgehead atoms. The fourth-order valence-corrected chi connectivity index (χ4v) is 2.91. The molecule has 7 nitrogen and oxygen atoms in total. The van der Waals surface area contributed by atoms with E-state index in [1.807, 2.05) is 6.07 Å². The molecule has 0 aliphatic heterocycles. The van der Waals surface area contributed by atoms with E-state index in [9.17, 15) is 13.2 Å². The number of aromatic nitrogens is 6. The van der Waals surface area contributed by atoms with Gasteiger partial charge in [0.2, 0.25) is 0 Å². The number of nitrogens with one attached hydrogen (secondary N) is 1. The van der Waals surface area contributed by atoms with Crippen LogP contribution in [0, 0.1) is 5.92 Å². The summed E-state index contributed by atoms with van der Waals surface area (Å²) in [5.74, 6) is -1.34. The lowest BCUT2D eigenvalue weighted by atomic mass is 10.0. The van der Waals surface area contributed by atoms with Gasteiger partial charge in [0.25, 0.3) is 0 Å². The molecule has 4 rings (SSSR count). The van der Waals surface area contributed by atoms with Crippen LogP contribution in [0.1, 0.15) is 5.56 Å². The number of hydrogen-bond acceptors (Lipinski definition) is 5. The number of pyridine rings is 2. The van der Waals surface area contributed by atoms with Crippen molar-refractivity contribution < 1.29 is 18.3 Å². The molecule has 0 saturated heterocycles. The molecule has 28 heavy (non-hydrogen) atoms. The van der Waals surface area contributed by atoms with Crippen LogP contribution < -0.4 is 0 Å². The van der Waals surface area contributed by atoms with E-state index in [-0.39, 0.29) is 6.42 Å². The summed E-state index contributed by atoms with van der Waals surface area (Å²) in [4.78, 5) is 15.6. The van der Waals surface area contributed by atoms with Crippen LogP contribution in [0.15, 0.2) is 49.3 Å². The Morgan fingerprint density at radius 1 is 1.11 bits per heavy atom. The van der Waals surface area contributed by atoms with Gasteiger partial charge in [0, 0.05) is 29.7 Å². The third kappa shape index (κ3) is 3.46. The van der Waals surface area contributed by atoms with E-state index >= 15 is 0 Å². The van der Waals surface area contributed by atoms with Crippen LogP contribution in [0.3, 0.4) is 0 Å². The maximum atomic E-state index is 12.8. The van der Waals surface area contributed by atoms with Crippen molar-refractivity contribution in [3.63, 3.8) is 0 Å². The Morgan fingerprint density at radius 3 is 2.68 bits per heavy atom. The second-order valence-electron chi connectivity index (χ2n) is 6.28. The number of hydrogen-bond donors (Lipinski definition) is 2. The van der Waals surface area contributed by atoms with E-state index in [0.717, 1.165) is 11.1 Å². The SMILES string of the molecule is OCC(Cc1ccc(-n2cc(-c3ccnc4[nH]cnc34)cn2)nc1)C(F)(F)F. The molecule has 0 fully saturated rings. The number of halogens is 3. The molecular weight excluding hydrogens is 373 g/mol. The van der Waals surface area contributed by atoms with Gasteiger partial charge in [-0.05, 0) is 24.1 Å². The van der Waals surface area contributed by atoms with Crippen molar-refractivity contribution in [1.29, 1.82) is 0 Å². The van der Waals surface area contributed by atoms with E-state index in [0.29, 0.717) is 22.5 Å². The van der Waals surface area contributed by atoms with E-state index in [2.05, 4.69) is 25.0 Å². The molecule has 0 aromatic carbocycles. The van der Waals surface area contributed by atoms with E-state index in [1.54, 1.807) is 37.1 Å². The number of H-pyrrole nitrogens is 1. The first kappa shape index (κ1) is 18.1. The quantitative estimate of drug-likeness (QED) is 0.548. The zero-order valence-corrected chi connectivity index (χ0v) is 14.4. The van der Waals surface area contributed by atoms with Gasteiger partial charge < -0.3 is 10.1 Å². The van der Waals surface area contributed by atoms with Crippen LogP contribution in [0.4, 0.5) is 13.2 Å². The lowest BCUT2D eigenvalue weighted by Crippen LogP contribution is -2.28. The summed E-state index contributed by atoms with van der Waals surface area (Å²) in [6, 6.07) is 4.97. The van der Waals surface area contributed by atoms with E-state index in [1.165, 1.54) is 10.9 Å². The number of aliphatic hydroxyl groups excluding tert-OH is 1. The first-order valence-electron chi connectivity index (χ1n) is 8.41. The molecule has 4 heterocycles. The molecule has 4 aromatic heterocycles. The van der Waals surface area contributed by atoms with Crippen molar-refractivity contribution in [3.05, 3.63) is 54.9 Å². The minimum Gasteiger partial charge on any atom is -0.396 e. The Kier molecular flexibility index (Phi) is 4.55. The third-order valence-electron chi connectivity index (χ3n) is 4.42. The van der Waals surface area contributed by atoms with Gasteiger partial charge in [-0.25, -0.2) is 19.6 Å². The lowest BCUT2D eigenvalue weighted by Gasteiger charge is -2.17. The van der Waals surface area contributed by atoms with Crippen molar-refractivity contribution in [1.82, 2.24) is 29.7 Å². The van der Waals surface area contributed by atoms with E-state index in [4.69, 9.17) is 5.11 Å². The van der Waals surface area contributed by atoms with Crippen LogP contribution in [-0.2, 0) is 6.42 Å². The molecule has 0 saturated carbocycles. The van der Waals surface area contributed by atoms with Gasteiger partial charge in [-0.15, -0.1) is 0 Å². The first-order chi connectivity index (χ1) is 13.5. The standard InChI is InChI=1S/C18H15F3N6O/c19-18(20,21)13(9-28)5-11-1-2-15(23-6-11)27-8-12(7-26-27)14-3-4-22-17-16(14)24-10-25-17/h1-4,6-8,10,13,28H,5,9H2,(H,22,24,25). The Balaban J connectivity index is 1.57. The molecule has 4 aromatic rings.